The van der Waals surface area contributed by atoms with E-state index in [4.69, 9.17) is 28.3 Å². The first-order valence-electron chi connectivity index (χ1n) is 6.86. The van der Waals surface area contributed by atoms with E-state index in [1.54, 1.807) is 25.1 Å². The van der Waals surface area contributed by atoms with E-state index in [-0.39, 0.29) is 23.8 Å². The van der Waals surface area contributed by atoms with Crippen molar-refractivity contribution in [3.63, 3.8) is 0 Å². The van der Waals surface area contributed by atoms with Crippen molar-refractivity contribution in [3.05, 3.63) is 33.8 Å². The number of hydrogen-bond donors (Lipinski definition) is 2. The lowest BCUT2D eigenvalue weighted by atomic mass is 10.00. The minimum Gasteiger partial charge on any atom is -0.481 e. The molecule has 0 bridgehead atoms. The molecule has 2 N–H and O–H groups in total. The van der Waals surface area contributed by atoms with Crippen LogP contribution in [0.25, 0.3) is 0 Å². The van der Waals surface area contributed by atoms with Crippen molar-refractivity contribution < 1.29 is 14.7 Å². The van der Waals surface area contributed by atoms with E-state index in [9.17, 15) is 9.59 Å². The third-order valence-electron chi connectivity index (χ3n) is 3.97. The van der Waals surface area contributed by atoms with Crippen LogP contribution in [0.2, 0.25) is 10.0 Å². The van der Waals surface area contributed by atoms with Crippen LogP contribution in [0.3, 0.4) is 0 Å². The zero-order valence-electron chi connectivity index (χ0n) is 11.6. The summed E-state index contributed by atoms with van der Waals surface area (Å²) in [4.78, 5) is 23.2. The molecule has 1 saturated carbocycles. The van der Waals surface area contributed by atoms with E-state index in [0.717, 1.165) is 5.56 Å². The maximum Gasteiger partial charge on any atom is 0.306 e. The second-order valence-electron chi connectivity index (χ2n) is 5.45. The molecule has 1 aliphatic carbocycles. The number of carbonyl (C=O) groups is 2. The number of carboxylic acids is 1. The van der Waals surface area contributed by atoms with Crippen LogP contribution in [-0.2, 0) is 9.59 Å². The summed E-state index contributed by atoms with van der Waals surface area (Å²) < 4.78 is 0. The second-order valence-corrected chi connectivity index (χ2v) is 6.26. The zero-order valence-corrected chi connectivity index (χ0v) is 13.1. The van der Waals surface area contributed by atoms with Crippen LogP contribution >= 0.6 is 23.2 Å². The molecule has 2 rings (SSSR count). The van der Waals surface area contributed by atoms with E-state index >= 15 is 0 Å². The van der Waals surface area contributed by atoms with Gasteiger partial charge in [-0.15, -0.1) is 0 Å². The molecule has 114 valence electrons. The van der Waals surface area contributed by atoms with Gasteiger partial charge in [0.15, 0.2) is 0 Å². The lowest BCUT2D eigenvalue weighted by molar-refractivity contribution is -0.141. The van der Waals surface area contributed by atoms with Gasteiger partial charge in [-0.1, -0.05) is 29.3 Å². The molecule has 1 aromatic rings. The fraction of sp³-hybridized carbons (Fsp3) is 0.467. The molecule has 0 radical (unpaired) electrons. The molecule has 1 unspecified atom stereocenters. The lowest BCUT2D eigenvalue weighted by Gasteiger charge is -2.17. The Morgan fingerprint density at radius 2 is 2.00 bits per heavy atom. The van der Waals surface area contributed by atoms with Gasteiger partial charge >= 0.3 is 5.97 Å². The Hall–Kier alpha value is -1.26. The maximum absolute atomic E-state index is 12.2. The Balaban J connectivity index is 1.97. The van der Waals surface area contributed by atoms with E-state index in [1.807, 2.05) is 0 Å². The van der Waals surface area contributed by atoms with Crippen molar-refractivity contribution in [2.45, 2.75) is 38.1 Å². The van der Waals surface area contributed by atoms with E-state index in [0.29, 0.717) is 29.3 Å². The highest BCUT2D eigenvalue weighted by Gasteiger charge is 2.31. The standard InChI is InChI=1S/C15H17Cl2NO3/c1-8(9-3-5-12(16)13(17)7-9)14(19)18-11-4-2-10(6-11)15(20)21/h3,5,7-8,10-11H,2,4,6H2,1H3,(H,18,19)(H,20,21)/t8?,10-,11+/m0/s1. The zero-order chi connectivity index (χ0) is 15.6. The number of nitrogens with one attached hydrogen (secondary N) is 1. The Labute approximate surface area is 133 Å². The number of halogens is 2. The third kappa shape index (κ3) is 3.89. The van der Waals surface area contributed by atoms with Crippen LogP contribution in [0.5, 0.6) is 0 Å². The van der Waals surface area contributed by atoms with Gasteiger partial charge in [-0.2, -0.15) is 0 Å². The average molecular weight is 330 g/mol. The maximum atomic E-state index is 12.2. The predicted molar refractivity (Wildman–Crippen MR) is 81.8 cm³/mol. The number of benzene rings is 1. The molecule has 0 saturated heterocycles. The Kier molecular flexibility index (Phi) is 5.12. The molecule has 0 heterocycles. The van der Waals surface area contributed by atoms with E-state index < -0.39 is 5.97 Å². The summed E-state index contributed by atoms with van der Waals surface area (Å²) in [6.07, 6.45) is 1.81. The molecule has 1 aromatic carbocycles. The molecule has 6 heteroatoms. The van der Waals surface area contributed by atoms with Crippen molar-refractivity contribution in [3.8, 4) is 0 Å². The van der Waals surface area contributed by atoms with Crippen LogP contribution in [0.4, 0.5) is 0 Å². The van der Waals surface area contributed by atoms with Crippen LogP contribution in [0, 0.1) is 5.92 Å². The van der Waals surface area contributed by atoms with Gasteiger partial charge < -0.3 is 10.4 Å². The average Bonchev–Trinajstić information content (AvgIpc) is 2.89. The van der Waals surface area contributed by atoms with Gasteiger partial charge in [0.2, 0.25) is 5.91 Å². The van der Waals surface area contributed by atoms with Crippen LogP contribution < -0.4 is 5.32 Å². The van der Waals surface area contributed by atoms with Gasteiger partial charge in [0, 0.05) is 6.04 Å². The summed E-state index contributed by atoms with van der Waals surface area (Å²) >= 11 is 11.8. The number of carboxylic acid groups (broad SMARTS) is 1. The predicted octanol–water partition coefficient (Wildman–Crippen LogP) is 3.47. The quantitative estimate of drug-likeness (QED) is 0.888. The second kappa shape index (κ2) is 6.67. The summed E-state index contributed by atoms with van der Waals surface area (Å²) in [5.41, 5.74) is 0.787. The number of carbonyl (C=O) groups excluding carboxylic acids is 1. The van der Waals surface area contributed by atoms with Crippen molar-refractivity contribution in [1.29, 1.82) is 0 Å². The summed E-state index contributed by atoms with van der Waals surface area (Å²) in [5, 5.41) is 12.8. The van der Waals surface area contributed by atoms with E-state index in [2.05, 4.69) is 5.32 Å². The number of aliphatic carboxylic acids is 1. The molecule has 1 fully saturated rings. The van der Waals surface area contributed by atoms with Crippen molar-refractivity contribution in [2.75, 3.05) is 0 Å². The number of hydrogen-bond acceptors (Lipinski definition) is 2. The molecule has 0 aromatic heterocycles. The Morgan fingerprint density at radius 1 is 1.29 bits per heavy atom. The largest absolute Gasteiger partial charge is 0.481 e. The molecule has 0 spiro atoms. The summed E-state index contributed by atoms with van der Waals surface area (Å²) in [5.74, 6) is -1.62. The highest BCUT2D eigenvalue weighted by molar-refractivity contribution is 6.42. The Bertz CT molecular complexity index is 562. The highest BCUT2D eigenvalue weighted by Crippen LogP contribution is 2.28. The molecule has 0 aliphatic heterocycles. The normalized spacial score (nSPS) is 22.8. The van der Waals surface area contributed by atoms with E-state index in [1.165, 1.54) is 0 Å². The molecule has 21 heavy (non-hydrogen) atoms. The fourth-order valence-corrected chi connectivity index (χ4v) is 2.90. The third-order valence-corrected chi connectivity index (χ3v) is 4.70. The first kappa shape index (κ1) is 16.1. The van der Waals surface area contributed by atoms with Crippen LogP contribution in [-0.4, -0.2) is 23.0 Å². The first-order chi connectivity index (χ1) is 9.88. The number of rotatable bonds is 4. The van der Waals surface area contributed by atoms with Gasteiger partial charge in [-0.05, 0) is 43.9 Å². The minimum absolute atomic E-state index is 0.0659. The smallest absolute Gasteiger partial charge is 0.306 e. The van der Waals surface area contributed by atoms with Gasteiger partial charge in [-0.25, -0.2) is 0 Å². The highest BCUT2D eigenvalue weighted by atomic mass is 35.5. The van der Waals surface area contributed by atoms with Crippen molar-refractivity contribution in [2.24, 2.45) is 5.92 Å². The molecule has 4 nitrogen and oxygen atoms in total. The monoisotopic (exact) mass is 329 g/mol. The molecule has 3 atom stereocenters. The Morgan fingerprint density at radius 3 is 2.57 bits per heavy atom. The summed E-state index contributed by atoms with van der Waals surface area (Å²) in [7, 11) is 0. The minimum atomic E-state index is -0.788. The first-order valence-corrected chi connectivity index (χ1v) is 7.62. The SMILES string of the molecule is CC(C(=O)N[C@@H]1CC[C@H](C(=O)O)C1)c1ccc(Cl)c(Cl)c1. The fourth-order valence-electron chi connectivity index (χ4n) is 2.60. The van der Waals surface area contributed by atoms with Gasteiger partial charge in [-0.3, -0.25) is 9.59 Å². The van der Waals surface area contributed by atoms with Gasteiger partial charge in [0.05, 0.1) is 21.9 Å². The molecule has 1 amide bonds. The van der Waals surface area contributed by atoms with Crippen molar-refractivity contribution >= 4 is 35.1 Å². The topological polar surface area (TPSA) is 66.4 Å². The number of amides is 1. The van der Waals surface area contributed by atoms with Crippen LogP contribution in [0.15, 0.2) is 18.2 Å². The van der Waals surface area contributed by atoms with Gasteiger partial charge in [0.1, 0.15) is 0 Å². The van der Waals surface area contributed by atoms with Gasteiger partial charge in [0.25, 0.3) is 0 Å². The summed E-state index contributed by atoms with van der Waals surface area (Å²) in [6, 6.07) is 5.05. The van der Waals surface area contributed by atoms with Crippen LogP contribution in [0.1, 0.15) is 37.7 Å². The molecular weight excluding hydrogens is 313 g/mol. The lowest BCUT2D eigenvalue weighted by Crippen LogP contribution is -2.36. The van der Waals surface area contributed by atoms with Crippen molar-refractivity contribution in [1.82, 2.24) is 5.32 Å². The molecular formula is C15H17Cl2NO3. The summed E-state index contributed by atoms with van der Waals surface area (Å²) in [6.45, 7) is 1.79. The molecule has 1 aliphatic rings.